The maximum atomic E-state index is 11.9. The van der Waals surface area contributed by atoms with Gasteiger partial charge in [0.2, 0.25) is 0 Å². The van der Waals surface area contributed by atoms with Gasteiger partial charge >= 0.3 is 0 Å². The predicted octanol–water partition coefficient (Wildman–Crippen LogP) is 1.16. The van der Waals surface area contributed by atoms with Crippen LogP contribution in [0.5, 0.6) is 0 Å². The molecule has 1 amide bonds. The average molecular weight is 222 g/mol. The maximum absolute atomic E-state index is 11.9. The Kier molecular flexibility index (Phi) is 3.55. The first-order valence-corrected chi connectivity index (χ1v) is 5.19. The van der Waals surface area contributed by atoms with Crippen LogP contribution in [0.15, 0.2) is 24.3 Å². The Labute approximate surface area is 95.5 Å². The van der Waals surface area contributed by atoms with Gasteiger partial charge in [0.15, 0.2) is 0 Å². The van der Waals surface area contributed by atoms with E-state index in [-0.39, 0.29) is 5.91 Å². The van der Waals surface area contributed by atoms with Crippen LogP contribution in [0.25, 0.3) is 0 Å². The van der Waals surface area contributed by atoms with Gasteiger partial charge in [0.05, 0.1) is 17.2 Å². The average Bonchev–Trinajstić information content (AvgIpc) is 2.17. The van der Waals surface area contributed by atoms with E-state index in [1.165, 1.54) is 0 Å². The smallest absolute Gasteiger partial charge is 0.253 e. The highest BCUT2D eigenvalue weighted by Crippen LogP contribution is 2.14. The van der Waals surface area contributed by atoms with E-state index < -0.39 is 11.6 Å². The Morgan fingerprint density at radius 1 is 1.44 bits per heavy atom. The second kappa shape index (κ2) is 4.53. The number of amides is 1. The summed E-state index contributed by atoms with van der Waals surface area (Å²) in [5.74, 6) is -0.274. The molecular formula is C12H18N2O2. The number of hydrogen-bond donors (Lipinski definition) is 3. The molecule has 4 heteroatoms. The lowest BCUT2D eigenvalue weighted by molar-refractivity contribution is 0.0710. The number of hydrogen-bond acceptors (Lipinski definition) is 3. The fourth-order valence-corrected chi connectivity index (χ4v) is 1.17. The third-order valence-corrected chi connectivity index (χ3v) is 2.69. The Morgan fingerprint density at radius 2 is 2.00 bits per heavy atom. The van der Waals surface area contributed by atoms with Crippen molar-refractivity contribution in [2.75, 3.05) is 5.73 Å². The molecule has 1 aromatic carbocycles. The summed E-state index contributed by atoms with van der Waals surface area (Å²) < 4.78 is 0. The topological polar surface area (TPSA) is 75.3 Å². The number of rotatable bonds is 3. The molecule has 0 aliphatic rings. The zero-order valence-corrected chi connectivity index (χ0v) is 9.82. The number of carbonyl (C=O) groups is 1. The quantitative estimate of drug-likeness (QED) is 0.672. The van der Waals surface area contributed by atoms with Crippen molar-refractivity contribution in [2.45, 2.75) is 32.4 Å². The number of nitrogen functional groups attached to an aromatic ring is 1. The molecule has 0 saturated carbocycles. The zero-order valence-electron chi connectivity index (χ0n) is 9.82. The first-order chi connectivity index (χ1) is 7.34. The molecule has 0 aliphatic heterocycles. The van der Waals surface area contributed by atoms with Crippen LogP contribution >= 0.6 is 0 Å². The molecule has 0 saturated heterocycles. The van der Waals surface area contributed by atoms with E-state index in [2.05, 4.69) is 5.32 Å². The largest absolute Gasteiger partial charge is 0.398 e. The number of anilines is 1. The molecule has 0 heterocycles. The van der Waals surface area contributed by atoms with Gasteiger partial charge in [-0.25, -0.2) is 0 Å². The second-order valence-electron chi connectivity index (χ2n) is 4.44. The van der Waals surface area contributed by atoms with Crippen molar-refractivity contribution in [2.24, 2.45) is 0 Å². The molecule has 1 unspecified atom stereocenters. The van der Waals surface area contributed by atoms with Crippen molar-refractivity contribution in [3.63, 3.8) is 0 Å². The molecule has 0 aliphatic carbocycles. The van der Waals surface area contributed by atoms with Crippen molar-refractivity contribution in [1.29, 1.82) is 0 Å². The van der Waals surface area contributed by atoms with E-state index in [0.29, 0.717) is 11.3 Å². The van der Waals surface area contributed by atoms with Gasteiger partial charge in [-0.15, -0.1) is 0 Å². The molecular weight excluding hydrogens is 204 g/mol. The van der Waals surface area contributed by atoms with Crippen LogP contribution in [-0.4, -0.2) is 22.7 Å². The molecule has 4 N–H and O–H groups in total. The van der Waals surface area contributed by atoms with Crippen LogP contribution in [0.2, 0.25) is 0 Å². The Morgan fingerprint density at radius 3 is 2.50 bits per heavy atom. The highest BCUT2D eigenvalue weighted by Gasteiger charge is 2.26. The van der Waals surface area contributed by atoms with E-state index in [1.54, 1.807) is 45.0 Å². The minimum atomic E-state index is -0.681. The number of aliphatic hydroxyl groups excluding tert-OH is 1. The Hall–Kier alpha value is -1.55. The molecule has 0 fully saturated rings. The fraction of sp³-hybridized carbons (Fsp3) is 0.417. The van der Waals surface area contributed by atoms with Gasteiger partial charge in [-0.3, -0.25) is 4.79 Å². The number of carbonyl (C=O) groups excluding carboxylic acids is 1. The summed E-state index contributed by atoms with van der Waals surface area (Å²) in [6.07, 6.45) is -0.638. The Balaban J connectivity index is 2.85. The second-order valence-corrected chi connectivity index (χ2v) is 4.44. The number of nitrogens with two attached hydrogens (primary N) is 1. The third kappa shape index (κ3) is 2.73. The summed E-state index contributed by atoms with van der Waals surface area (Å²) in [7, 11) is 0. The first kappa shape index (κ1) is 12.5. The lowest BCUT2D eigenvalue weighted by Crippen LogP contribution is -2.51. The molecule has 0 bridgehead atoms. The van der Waals surface area contributed by atoms with Crippen molar-refractivity contribution in [1.82, 2.24) is 5.32 Å². The SMILES string of the molecule is CC(O)C(C)(C)NC(=O)c1ccccc1N. The number of aliphatic hydroxyl groups is 1. The molecule has 0 spiro atoms. The van der Waals surface area contributed by atoms with Gasteiger partial charge in [0, 0.05) is 5.69 Å². The summed E-state index contributed by atoms with van der Waals surface area (Å²) in [6, 6.07) is 6.85. The van der Waals surface area contributed by atoms with Gasteiger partial charge in [-0.1, -0.05) is 12.1 Å². The van der Waals surface area contributed by atoms with E-state index >= 15 is 0 Å². The summed E-state index contributed by atoms with van der Waals surface area (Å²) in [5.41, 5.74) is 5.87. The standard InChI is InChI=1S/C12H18N2O2/c1-8(15)12(2,3)14-11(16)9-6-4-5-7-10(9)13/h4-8,15H,13H2,1-3H3,(H,14,16). The number of nitrogens with one attached hydrogen (secondary N) is 1. The summed E-state index contributed by atoms with van der Waals surface area (Å²) >= 11 is 0. The number of para-hydroxylation sites is 1. The van der Waals surface area contributed by atoms with Gasteiger partial charge in [0.25, 0.3) is 5.91 Å². The van der Waals surface area contributed by atoms with E-state index in [9.17, 15) is 9.90 Å². The molecule has 88 valence electrons. The monoisotopic (exact) mass is 222 g/mol. The minimum Gasteiger partial charge on any atom is -0.398 e. The normalized spacial score (nSPS) is 13.2. The Bertz CT molecular complexity index is 386. The molecule has 1 rings (SSSR count). The van der Waals surface area contributed by atoms with Gasteiger partial charge < -0.3 is 16.2 Å². The lowest BCUT2D eigenvalue weighted by Gasteiger charge is -2.29. The minimum absolute atomic E-state index is 0.274. The first-order valence-electron chi connectivity index (χ1n) is 5.19. The lowest BCUT2D eigenvalue weighted by atomic mass is 9.98. The van der Waals surface area contributed by atoms with Crippen molar-refractivity contribution >= 4 is 11.6 Å². The number of benzene rings is 1. The van der Waals surface area contributed by atoms with Gasteiger partial charge in [-0.2, -0.15) is 0 Å². The molecule has 0 aromatic heterocycles. The van der Waals surface area contributed by atoms with Crippen LogP contribution in [0, 0.1) is 0 Å². The van der Waals surface area contributed by atoms with Gasteiger partial charge in [0.1, 0.15) is 0 Å². The molecule has 16 heavy (non-hydrogen) atoms. The third-order valence-electron chi connectivity index (χ3n) is 2.69. The highest BCUT2D eigenvalue weighted by molar-refractivity contribution is 5.99. The highest BCUT2D eigenvalue weighted by atomic mass is 16.3. The van der Waals surface area contributed by atoms with Crippen molar-refractivity contribution in [3.05, 3.63) is 29.8 Å². The van der Waals surface area contributed by atoms with Crippen molar-refractivity contribution < 1.29 is 9.90 Å². The molecule has 1 aromatic rings. The molecule has 1 atom stereocenters. The van der Waals surface area contributed by atoms with Crippen LogP contribution in [0.1, 0.15) is 31.1 Å². The van der Waals surface area contributed by atoms with E-state index in [4.69, 9.17) is 5.73 Å². The fourth-order valence-electron chi connectivity index (χ4n) is 1.17. The van der Waals surface area contributed by atoms with Crippen LogP contribution in [0.4, 0.5) is 5.69 Å². The van der Waals surface area contributed by atoms with E-state index in [1.807, 2.05) is 0 Å². The van der Waals surface area contributed by atoms with E-state index in [0.717, 1.165) is 0 Å². The van der Waals surface area contributed by atoms with Crippen LogP contribution in [0.3, 0.4) is 0 Å². The predicted molar refractivity (Wildman–Crippen MR) is 64.1 cm³/mol. The van der Waals surface area contributed by atoms with Crippen LogP contribution in [-0.2, 0) is 0 Å². The van der Waals surface area contributed by atoms with Crippen molar-refractivity contribution in [3.8, 4) is 0 Å². The molecule has 4 nitrogen and oxygen atoms in total. The van der Waals surface area contributed by atoms with Gasteiger partial charge in [-0.05, 0) is 32.9 Å². The maximum Gasteiger partial charge on any atom is 0.253 e. The van der Waals surface area contributed by atoms with Crippen LogP contribution < -0.4 is 11.1 Å². The molecule has 0 radical (unpaired) electrons. The summed E-state index contributed by atoms with van der Waals surface area (Å²) in [5, 5.41) is 12.2. The summed E-state index contributed by atoms with van der Waals surface area (Å²) in [6.45, 7) is 5.15. The zero-order chi connectivity index (χ0) is 12.3. The summed E-state index contributed by atoms with van der Waals surface area (Å²) in [4.78, 5) is 11.9.